The molecule has 0 aromatic heterocycles. The fourth-order valence-electron chi connectivity index (χ4n) is 2.51. The van der Waals surface area contributed by atoms with Crippen molar-refractivity contribution in [3.05, 3.63) is 0 Å². The highest BCUT2D eigenvalue weighted by Gasteiger charge is 2.43. The normalized spacial score (nSPS) is 32.6. The zero-order chi connectivity index (χ0) is 11.1. The number of rotatable bonds is 3. The summed E-state index contributed by atoms with van der Waals surface area (Å²) in [6.07, 6.45) is 0.371. The first-order chi connectivity index (χ1) is 6.97. The van der Waals surface area contributed by atoms with Gasteiger partial charge in [0, 0.05) is 18.1 Å². The summed E-state index contributed by atoms with van der Waals surface area (Å²) in [5, 5.41) is 0. The molecular weight excluding hydrogens is 205 g/mol. The standard InChI is InChI=1S/C10H17F3N2/c11-10(12,13)6-15(7-4-5-7)9-3-1-2-8(9)14/h7-9H,1-6,14H2. The number of nitrogens with zero attached hydrogens (tertiary/aromatic N) is 1. The SMILES string of the molecule is NC1CCCC1N(CC(F)(F)F)C1CC1. The Kier molecular flexibility index (Phi) is 2.94. The number of halogens is 3. The first kappa shape index (κ1) is 11.2. The molecule has 2 nitrogen and oxygen atoms in total. The second-order valence-electron chi connectivity index (χ2n) is 4.68. The van der Waals surface area contributed by atoms with Crippen molar-refractivity contribution in [2.45, 2.75) is 56.4 Å². The van der Waals surface area contributed by atoms with Crippen LogP contribution in [0.4, 0.5) is 13.2 Å². The van der Waals surface area contributed by atoms with Crippen LogP contribution in [0.25, 0.3) is 0 Å². The Morgan fingerprint density at radius 3 is 2.20 bits per heavy atom. The van der Waals surface area contributed by atoms with E-state index in [0.717, 1.165) is 32.1 Å². The lowest BCUT2D eigenvalue weighted by atomic mass is 10.1. The molecule has 2 saturated carbocycles. The van der Waals surface area contributed by atoms with Crippen molar-refractivity contribution >= 4 is 0 Å². The molecule has 15 heavy (non-hydrogen) atoms. The zero-order valence-electron chi connectivity index (χ0n) is 8.63. The molecule has 2 N–H and O–H groups in total. The van der Waals surface area contributed by atoms with Gasteiger partial charge in [0.25, 0.3) is 0 Å². The van der Waals surface area contributed by atoms with Gasteiger partial charge in [-0.05, 0) is 25.7 Å². The Balaban J connectivity index is 1.99. The molecule has 0 spiro atoms. The molecule has 2 fully saturated rings. The topological polar surface area (TPSA) is 29.3 Å². The van der Waals surface area contributed by atoms with Crippen molar-refractivity contribution in [2.75, 3.05) is 6.54 Å². The van der Waals surface area contributed by atoms with Crippen LogP contribution in [0.2, 0.25) is 0 Å². The van der Waals surface area contributed by atoms with Crippen LogP contribution in [-0.4, -0.2) is 35.7 Å². The predicted octanol–water partition coefficient (Wildman–Crippen LogP) is 1.89. The highest BCUT2D eigenvalue weighted by molar-refractivity contribution is 4.96. The Morgan fingerprint density at radius 2 is 1.80 bits per heavy atom. The Labute approximate surface area is 87.6 Å². The van der Waals surface area contributed by atoms with Gasteiger partial charge in [0.2, 0.25) is 0 Å². The van der Waals surface area contributed by atoms with E-state index >= 15 is 0 Å². The average molecular weight is 222 g/mol. The van der Waals surface area contributed by atoms with Gasteiger partial charge in [0.15, 0.2) is 0 Å². The Hall–Kier alpha value is -0.290. The number of nitrogens with two attached hydrogens (primary N) is 1. The van der Waals surface area contributed by atoms with E-state index in [0.29, 0.717) is 0 Å². The molecule has 0 aromatic rings. The lowest BCUT2D eigenvalue weighted by Crippen LogP contribution is -2.49. The fraction of sp³-hybridized carbons (Fsp3) is 1.00. The number of hydrogen-bond donors (Lipinski definition) is 1. The smallest absolute Gasteiger partial charge is 0.326 e. The summed E-state index contributed by atoms with van der Waals surface area (Å²) >= 11 is 0. The Morgan fingerprint density at radius 1 is 1.13 bits per heavy atom. The van der Waals surface area contributed by atoms with Crippen LogP contribution in [-0.2, 0) is 0 Å². The summed E-state index contributed by atoms with van der Waals surface area (Å²) < 4.78 is 37.2. The number of hydrogen-bond acceptors (Lipinski definition) is 2. The average Bonchev–Trinajstić information content (AvgIpc) is 2.85. The fourth-order valence-corrected chi connectivity index (χ4v) is 2.51. The second-order valence-corrected chi connectivity index (χ2v) is 4.68. The highest BCUT2D eigenvalue weighted by atomic mass is 19.4. The van der Waals surface area contributed by atoms with Crippen molar-refractivity contribution in [3.63, 3.8) is 0 Å². The molecule has 0 heterocycles. The van der Waals surface area contributed by atoms with Crippen LogP contribution in [0.15, 0.2) is 0 Å². The summed E-state index contributed by atoms with van der Waals surface area (Å²) in [5.41, 5.74) is 5.86. The Bertz CT molecular complexity index is 225. The summed E-state index contributed by atoms with van der Waals surface area (Å²) in [5.74, 6) is 0. The summed E-state index contributed by atoms with van der Waals surface area (Å²) in [6, 6.07) is 0.0350. The van der Waals surface area contributed by atoms with E-state index < -0.39 is 12.7 Å². The number of alkyl halides is 3. The van der Waals surface area contributed by atoms with E-state index in [9.17, 15) is 13.2 Å². The van der Waals surface area contributed by atoms with Crippen molar-refractivity contribution in [1.82, 2.24) is 4.90 Å². The molecule has 2 rings (SSSR count). The molecule has 2 aliphatic carbocycles. The summed E-state index contributed by atoms with van der Waals surface area (Å²) in [4.78, 5) is 1.59. The predicted molar refractivity (Wildman–Crippen MR) is 51.4 cm³/mol. The molecule has 0 bridgehead atoms. The maximum absolute atomic E-state index is 12.4. The molecule has 2 unspecified atom stereocenters. The van der Waals surface area contributed by atoms with E-state index in [2.05, 4.69) is 0 Å². The third-order valence-corrected chi connectivity index (χ3v) is 3.34. The van der Waals surface area contributed by atoms with E-state index in [1.165, 1.54) is 0 Å². The van der Waals surface area contributed by atoms with Crippen LogP contribution in [0, 0.1) is 0 Å². The van der Waals surface area contributed by atoms with Gasteiger partial charge in [-0.3, -0.25) is 4.90 Å². The van der Waals surface area contributed by atoms with E-state index in [4.69, 9.17) is 5.73 Å². The third kappa shape index (κ3) is 2.84. The van der Waals surface area contributed by atoms with E-state index in [-0.39, 0.29) is 18.1 Å². The first-order valence-corrected chi connectivity index (χ1v) is 5.55. The molecular formula is C10H17F3N2. The molecule has 5 heteroatoms. The van der Waals surface area contributed by atoms with Gasteiger partial charge in [-0.2, -0.15) is 13.2 Å². The van der Waals surface area contributed by atoms with Crippen LogP contribution in [0.3, 0.4) is 0 Å². The lowest BCUT2D eigenvalue weighted by Gasteiger charge is -2.32. The minimum atomic E-state index is -4.09. The molecule has 0 aromatic carbocycles. The van der Waals surface area contributed by atoms with Crippen LogP contribution in [0.1, 0.15) is 32.1 Å². The summed E-state index contributed by atoms with van der Waals surface area (Å²) in [6.45, 7) is -0.782. The van der Waals surface area contributed by atoms with Gasteiger partial charge >= 0.3 is 6.18 Å². The van der Waals surface area contributed by atoms with E-state index in [1.54, 1.807) is 4.90 Å². The summed E-state index contributed by atoms with van der Waals surface area (Å²) in [7, 11) is 0. The van der Waals surface area contributed by atoms with Gasteiger partial charge < -0.3 is 5.73 Å². The van der Waals surface area contributed by atoms with Gasteiger partial charge in [-0.25, -0.2) is 0 Å². The van der Waals surface area contributed by atoms with Crippen molar-refractivity contribution in [3.8, 4) is 0 Å². The molecule has 2 atom stereocenters. The van der Waals surface area contributed by atoms with Gasteiger partial charge in [-0.1, -0.05) is 6.42 Å². The minimum Gasteiger partial charge on any atom is -0.326 e. The van der Waals surface area contributed by atoms with Crippen LogP contribution >= 0.6 is 0 Å². The van der Waals surface area contributed by atoms with Gasteiger partial charge in [0.1, 0.15) is 0 Å². The lowest BCUT2D eigenvalue weighted by molar-refractivity contribution is -0.152. The molecule has 2 aliphatic rings. The minimum absolute atomic E-state index is 0.0425. The monoisotopic (exact) mass is 222 g/mol. The van der Waals surface area contributed by atoms with Crippen molar-refractivity contribution in [1.29, 1.82) is 0 Å². The molecule has 0 saturated heterocycles. The van der Waals surface area contributed by atoms with Crippen molar-refractivity contribution in [2.24, 2.45) is 5.73 Å². The molecule has 88 valence electrons. The molecule has 0 amide bonds. The van der Waals surface area contributed by atoms with Crippen LogP contribution in [0.5, 0.6) is 0 Å². The largest absolute Gasteiger partial charge is 0.401 e. The van der Waals surface area contributed by atoms with Crippen molar-refractivity contribution < 1.29 is 13.2 Å². The zero-order valence-corrected chi connectivity index (χ0v) is 8.63. The van der Waals surface area contributed by atoms with Crippen LogP contribution < -0.4 is 5.73 Å². The first-order valence-electron chi connectivity index (χ1n) is 5.55. The van der Waals surface area contributed by atoms with E-state index in [1.807, 2.05) is 0 Å². The second kappa shape index (κ2) is 3.94. The maximum atomic E-state index is 12.4. The third-order valence-electron chi connectivity index (χ3n) is 3.34. The van der Waals surface area contributed by atoms with Gasteiger partial charge in [0.05, 0.1) is 6.54 Å². The molecule has 0 radical (unpaired) electrons. The maximum Gasteiger partial charge on any atom is 0.401 e. The van der Waals surface area contributed by atoms with Gasteiger partial charge in [-0.15, -0.1) is 0 Å². The quantitative estimate of drug-likeness (QED) is 0.790. The highest BCUT2D eigenvalue weighted by Crippen LogP contribution is 2.36. The molecule has 0 aliphatic heterocycles.